The van der Waals surface area contributed by atoms with Crippen LogP contribution in [0.1, 0.15) is 26.7 Å². The molecule has 0 saturated heterocycles. The van der Waals surface area contributed by atoms with Crippen LogP contribution in [-0.4, -0.2) is 43.3 Å². The van der Waals surface area contributed by atoms with Crippen molar-refractivity contribution in [1.29, 1.82) is 0 Å². The van der Waals surface area contributed by atoms with Crippen LogP contribution >= 0.6 is 0 Å². The fraction of sp³-hybridized carbons (Fsp3) is 0.833. The first-order valence-electron chi connectivity index (χ1n) is 6.13. The highest BCUT2D eigenvalue weighted by Gasteiger charge is 2.19. The van der Waals surface area contributed by atoms with Gasteiger partial charge in [0.15, 0.2) is 6.10 Å². The van der Waals surface area contributed by atoms with Crippen molar-refractivity contribution in [3.05, 3.63) is 0 Å². The van der Waals surface area contributed by atoms with E-state index in [1.54, 1.807) is 0 Å². The Morgan fingerprint density at radius 1 is 1.39 bits per heavy atom. The topological polar surface area (TPSA) is 102 Å². The number of rotatable bonds is 9. The molecular formula is C12H24N2O4. The predicted octanol–water partition coefficient (Wildman–Crippen LogP) is 0.213. The maximum Gasteiger partial charge on any atom is 0.334 e. The summed E-state index contributed by atoms with van der Waals surface area (Å²) in [5.74, 6) is -0.655. The first-order valence-corrected chi connectivity index (χ1v) is 6.13. The fourth-order valence-electron chi connectivity index (χ4n) is 1.74. The molecule has 0 radical (unpaired) electrons. The van der Waals surface area contributed by atoms with Gasteiger partial charge in [-0.1, -0.05) is 13.8 Å². The number of nitrogens with one attached hydrogen (secondary N) is 1. The van der Waals surface area contributed by atoms with Crippen LogP contribution in [0.4, 0.5) is 0 Å². The Hall–Kier alpha value is -1.14. The Kier molecular flexibility index (Phi) is 8.32. The number of methoxy groups -OCH3 is 1. The van der Waals surface area contributed by atoms with Crippen molar-refractivity contribution in [1.82, 2.24) is 5.32 Å². The molecule has 0 aromatic carbocycles. The fourth-order valence-corrected chi connectivity index (χ4v) is 1.74. The van der Waals surface area contributed by atoms with Gasteiger partial charge in [0.1, 0.15) is 0 Å². The number of carbonyl (C=O) groups is 2. The van der Waals surface area contributed by atoms with Gasteiger partial charge in [0.2, 0.25) is 5.91 Å². The molecule has 4 N–H and O–H groups in total. The molecule has 6 heteroatoms. The summed E-state index contributed by atoms with van der Waals surface area (Å²) in [6, 6.07) is 0. The average Bonchev–Trinajstić information content (AvgIpc) is 2.27. The molecule has 0 aliphatic carbocycles. The minimum absolute atomic E-state index is 0.0242. The van der Waals surface area contributed by atoms with Crippen LogP contribution in [0.3, 0.4) is 0 Å². The van der Waals surface area contributed by atoms with Crippen molar-refractivity contribution in [3.8, 4) is 0 Å². The minimum Gasteiger partial charge on any atom is -0.479 e. The van der Waals surface area contributed by atoms with Gasteiger partial charge < -0.3 is 20.9 Å². The molecule has 18 heavy (non-hydrogen) atoms. The Bertz CT molecular complexity index is 269. The molecule has 0 heterocycles. The zero-order valence-electron chi connectivity index (χ0n) is 11.3. The summed E-state index contributed by atoms with van der Waals surface area (Å²) in [6.07, 6.45) is 0.205. The number of hydrogen-bond donors (Lipinski definition) is 3. The van der Waals surface area contributed by atoms with Gasteiger partial charge in [-0.25, -0.2) is 4.79 Å². The van der Waals surface area contributed by atoms with E-state index in [1.165, 1.54) is 7.11 Å². The molecule has 2 atom stereocenters. The number of carbonyl (C=O) groups excluding carboxylic acids is 1. The summed E-state index contributed by atoms with van der Waals surface area (Å²) in [4.78, 5) is 22.3. The molecule has 0 fully saturated rings. The van der Waals surface area contributed by atoms with Crippen molar-refractivity contribution >= 4 is 11.9 Å². The summed E-state index contributed by atoms with van der Waals surface area (Å²) >= 11 is 0. The van der Waals surface area contributed by atoms with Crippen LogP contribution in [0.5, 0.6) is 0 Å². The standard InChI is InChI=1S/C12H24N2O4/c1-8(2)4-9(6-13)5-11(15)14-7-10(18-3)12(16)17/h8-10H,4-7,13H2,1-3H3,(H,14,15)(H,16,17)/t9-,10?/m0/s1. The molecular weight excluding hydrogens is 236 g/mol. The third-order valence-corrected chi connectivity index (χ3v) is 2.66. The second-order valence-electron chi connectivity index (χ2n) is 4.80. The van der Waals surface area contributed by atoms with Crippen molar-refractivity contribution in [2.75, 3.05) is 20.2 Å². The van der Waals surface area contributed by atoms with E-state index in [0.717, 1.165) is 6.42 Å². The number of nitrogens with two attached hydrogens (primary N) is 1. The zero-order chi connectivity index (χ0) is 14.1. The van der Waals surface area contributed by atoms with Gasteiger partial charge in [0.25, 0.3) is 0 Å². The van der Waals surface area contributed by atoms with Gasteiger partial charge in [0, 0.05) is 13.5 Å². The van der Waals surface area contributed by atoms with Gasteiger partial charge in [-0.2, -0.15) is 0 Å². The molecule has 0 bridgehead atoms. The second-order valence-corrected chi connectivity index (χ2v) is 4.80. The van der Waals surface area contributed by atoms with Crippen molar-refractivity contribution in [3.63, 3.8) is 0 Å². The first-order chi connectivity index (χ1) is 8.40. The molecule has 106 valence electrons. The second kappa shape index (κ2) is 8.88. The van der Waals surface area contributed by atoms with Crippen LogP contribution in [0.15, 0.2) is 0 Å². The van der Waals surface area contributed by atoms with Gasteiger partial charge in [-0.3, -0.25) is 4.79 Å². The number of ether oxygens (including phenoxy) is 1. The SMILES string of the molecule is COC(CNC(=O)C[C@@H](CN)CC(C)C)C(=O)O. The number of aliphatic carboxylic acids is 1. The molecule has 0 spiro atoms. The number of amides is 1. The molecule has 1 amide bonds. The van der Waals surface area contributed by atoms with Crippen molar-refractivity contribution in [2.45, 2.75) is 32.8 Å². The van der Waals surface area contributed by atoms with Crippen molar-refractivity contribution in [2.24, 2.45) is 17.6 Å². The number of hydrogen-bond acceptors (Lipinski definition) is 4. The van der Waals surface area contributed by atoms with E-state index in [9.17, 15) is 9.59 Å². The van der Waals surface area contributed by atoms with E-state index in [-0.39, 0.29) is 18.4 Å². The molecule has 0 aliphatic heterocycles. The lowest BCUT2D eigenvalue weighted by Gasteiger charge is -2.17. The third-order valence-electron chi connectivity index (χ3n) is 2.66. The van der Waals surface area contributed by atoms with Crippen LogP contribution in [0.25, 0.3) is 0 Å². The highest BCUT2D eigenvalue weighted by Crippen LogP contribution is 2.13. The Labute approximate surface area is 108 Å². The lowest BCUT2D eigenvalue weighted by molar-refractivity contribution is -0.148. The van der Waals surface area contributed by atoms with Crippen LogP contribution in [0.2, 0.25) is 0 Å². The Morgan fingerprint density at radius 3 is 2.39 bits per heavy atom. The summed E-state index contributed by atoms with van der Waals surface area (Å²) in [6.45, 7) is 4.58. The average molecular weight is 260 g/mol. The van der Waals surface area contributed by atoms with E-state index in [2.05, 4.69) is 19.2 Å². The third kappa shape index (κ3) is 7.24. The van der Waals surface area contributed by atoms with Gasteiger partial charge >= 0.3 is 5.97 Å². The van der Waals surface area contributed by atoms with Crippen LogP contribution in [0, 0.1) is 11.8 Å². The van der Waals surface area contributed by atoms with Gasteiger partial charge in [0.05, 0.1) is 6.54 Å². The maximum absolute atomic E-state index is 11.6. The first kappa shape index (κ1) is 16.9. The monoisotopic (exact) mass is 260 g/mol. The van der Waals surface area contributed by atoms with Crippen LogP contribution in [-0.2, 0) is 14.3 Å². The minimum atomic E-state index is -1.09. The van der Waals surface area contributed by atoms with Crippen LogP contribution < -0.4 is 11.1 Å². The number of carboxylic acids is 1. The van der Waals surface area contributed by atoms with Gasteiger partial charge in [-0.05, 0) is 24.8 Å². The summed E-state index contributed by atoms with van der Waals surface area (Å²) in [5, 5.41) is 11.3. The molecule has 0 aliphatic rings. The lowest BCUT2D eigenvalue weighted by Crippen LogP contribution is -2.39. The molecule has 1 unspecified atom stereocenters. The Balaban J connectivity index is 4.05. The quantitative estimate of drug-likeness (QED) is 0.550. The zero-order valence-corrected chi connectivity index (χ0v) is 11.3. The summed E-state index contributed by atoms with van der Waals surface area (Å²) in [5.41, 5.74) is 5.60. The van der Waals surface area contributed by atoms with E-state index in [4.69, 9.17) is 15.6 Å². The normalized spacial score (nSPS) is 14.3. The molecule has 0 aromatic heterocycles. The van der Waals surface area contributed by atoms with E-state index < -0.39 is 12.1 Å². The molecule has 6 nitrogen and oxygen atoms in total. The molecule has 0 rings (SSSR count). The van der Waals surface area contributed by atoms with E-state index in [0.29, 0.717) is 18.9 Å². The molecule has 0 aromatic rings. The van der Waals surface area contributed by atoms with Gasteiger partial charge in [-0.15, -0.1) is 0 Å². The van der Waals surface area contributed by atoms with E-state index >= 15 is 0 Å². The predicted molar refractivity (Wildman–Crippen MR) is 68.1 cm³/mol. The summed E-state index contributed by atoms with van der Waals surface area (Å²) in [7, 11) is 1.30. The molecule has 0 saturated carbocycles. The highest BCUT2D eigenvalue weighted by atomic mass is 16.5. The summed E-state index contributed by atoms with van der Waals surface area (Å²) < 4.78 is 4.72. The maximum atomic E-state index is 11.6. The van der Waals surface area contributed by atoms with Crippen molar-refractivity contribution < 1.29 is 19.4 Å². The largest absolute Gasteiger partial charge is 0.479 e. The smallest absolute Gasteiger partial charge is 0.334 e. The highest BCUT2D eigenvalue weighted by molar-refractivity contribution is 5.78. The Morgan fingerprint density at radius 2 is 2.00 bits per heavy atom. The van der Waals surface area contributed by atoms with E-state index in [1.807, 2.05) is 0 Å². The number of carboxylic acid groups (broad SMARTS) is 1. The lowest BCUT2D eigenvalue weighted by atomic mass is 9.94.